The number of rotatable bonds is 2. The highest BCUT2D eigenvalue weighted by Gasteiger charge is 2.33. The van der Waals surface area contributed by atoms with E-state index >= 15 is 0 Å². The molecule has 0 unspecified atom stereocenters. The summed E-state index contributed by atoms with van der Waals surface area (Å²) in [6, 6.07) is 3.85. The molecule has 2 saturated heterocycles. The topological polar surface area (TPSA) is 67.2 Å². The molecule has 0 saturated carbocycles. The molecule has 4 rings (SSSR count). The lowest BCUT2D eigenvalue weighted by Gasteiger charge is -2.35. The molecule has 23 heavy (non-hydrogen) atoms. The zero-order valence-electron chi connectivity index (χ0n) is 12.7. The quantitative estimate of drug-likeness (QED) is 0.840. The maximum absolute atomic E-state index is 12.6. The molecular weight excluding hydrogens is 296 g/mol. The van der Waals surface area contributed by atoms with Crippen molar-refractivity contribution in [3.05, 3.63) is 36.3 Å². The van der Waals surface area contributed by atoms with E-state index in [-0.39, 0.29) is 18.0 Å². The van der Waals surface area contributed by atoms with E-state index in [0.29, 0.717) is 31.8 Å². The van der Waals surface area contributed by atoms with Gasteiger partial charge in [0, 0.05) is 37.7 Å². The number of amides is 2. The first-order chi connectivity index (χ1) is 11.2. The van der Waals surface area contributed by atoms with Gasteiger partial charge in [-0.1, -0.05) is 0 Å². The Hall–Kier alpha value is -2.57. The highest BCUT2D eigenvalue weighted by Crippen LogP contribution is 2.21. The smallest absolute Gasteiger partial charge is 0.410 e. The molecule has 4 heterocycles. The Kier molecular flexibility index (Phi) is 3.40. The van der Waals surface area contributed by atoms with Gasteiger partial charge in [0.25, 0.3) is 5.91 Å². The van der Waals surface area contributed by atoms with Gasteiger partial charge in [-0.3, -0.25) is 4.79 Å². The third kappa shape index (κ3) is 2.52. The minimum absolute atomic E-state index is 0.0306. The number of piperidine rings is 1. The van der Waals surface area contributed by atoms with Gasteiger partial charge < -0.3 is 18.9 Å². The number of hydrogen-bond acceptors (Lipinski definition) is 4. The second-order valence-electron chi connectivity index (χ2n) is 5.94. The number of aromatic nitrogens is 2. The van der Waals surface area contributed by atoms with E-state index in [1.54, 1.807) is 11.1 Å². The van der Waals surface area contributed by atoms with Crippen LogP contribution in [-0.2, 0) is 4.74 Å². The van der Waals surface area contributed by atoms with Crippen LogP contribution in [-0.4, -0.2) is 63.5 Å². The summed E-state index contributed by atoms with van der Waals surface area (Å²) in [5, 5.41) is 0. The van der Waals surface area contributed by atoms with Gasteiger partial charge in [-0.15, -0.1) is 0 Å². The predicted molar refractivity (Wildman–Crippen MR) is 82.2 cm³/mol. The summed E-state index contributed by atoms with van der Waals surface area (Å²) in [7, 11) is 0. The van der Waals surface area contributed by atoms with Crippen LogP contribution in [0.25, 0.3) is 5.65 Å². The Morgan fingerprint density at radius 2 is 2.04 bits per heavy atom. The van der Waals surface area contributed by atoms with Gasteiger partial charge in [0.05, 0.1) is 12.1 Å². The predicted octanol–water partition coefficient (Wildman–Crippen LogP) is 1.39. The Morgan fingerprint density at radius 3 is 2.78 bits per heavy atom. The molecule has 2 aromatic rings. The third-order valence-corrected chi connectivity index (χ3v) is 4.62. The van der Waals surface area contributed by atoms with Crippen molar-refractivity contribution < 1.29 is 14.3 Å². The first-order valence-electron chi connectivity index (χ1n) is 7.88. The van der Waals surface area contributed by atoms with Gasteiger partial charge in [-0.05, 0) is 25.0 Å². The monoisotopic (exact) mass is 314 g/mol. The maximum Gasteiger partial charge on any atom is 0.410 e. The average molecular weight is 314 g/mol. The zero-order chi connectivity index (χ0) is 15.8. The van der Waals surface area contributed by atoms with Crippen molar-refractivity contribution in [2.45, 2.75) is 18.9 Å². The minimum atomic E-state index is -0.222. The van der Waals surface area contributed by atoms with E-state index in [4.69, 9.17) is 4.74 Å². The second kappa shape index (κ2) is 5.57. The van der Waals surface area contributed by atoms with Gasteiger partial charge in [-0.25, -0.2) is 9.78 Å². The molecule has 2 fully saturated rings. The zero-order valence-corrected chi connectivity index (χ0v) is 12.7. The molecule has 120 valence electrons. The molecule has 2 aliphatic rings. The maximum atomic E-state index is 12.6. The van der Waals surface area contributed by atoms with Crippen LogP contribution >= 0.6 is 0 Å². The van der Waals surface area contributed by atoms with Crippen molar-refractivity contribution in [1.82, 2.24) is 19.2 Å². The van der Waals surface area contributed by atoms with E-state index < -0.39 is 0 Å². The van der Waals surface area contributed by atoms with Gasteiger partial charge in [-0.2, -0.15) is 0 Å². The Morgan fingerprint density at radius 1 is 1.22 bits per heavy atom. The van der Waals surface area contributed by atoms with E-state index in [9.17, 15) is 9.59 Å². The lowest BCUT2D eigenvalue weighted by atomic mass is 10.0. The summed E-state index contributed by atoms with van der Waals surface area (Å²) in [4.78, 5) is 32.1. The van der Waals surface area contributed by atoms with Crippen LogP contribution in [0.5, 0.6) is 0 Å². The van der Waals surface area contributed by atoms with E-state index in [1.807, 2.05) is 33.8 Å². The van der Waals surface area contributed by atoms with Crippen molar-refractivity contribution in [2.75, 3.05) is 26.2 Å². The molecule has 2 aromatic heterocycles. The van der Waals surface area contributed by atoms with Crippen molar-refractivity contribution in [1.29, 1.82) is 0 Å². The molecule has 2 amide bonds. The number of pyridine rings is 1. The second-order valence-corrected chi connectivity index (χ2v) is 5.94. The van der Waals surface area contributed by atoms with Gasteiger partial charge >= 0.3 is 6.09 Å². The molecular formula is C16H18N4O3. The fourth-order valence-electron chi connectivity index (χ4n) is 3.35. The highest BCUT2D eigenvalue weighted by atomic mass is 16.6. The number of cyclic esters (lactones) is 1. The van der Waals surface area contributed by atoms with Crippen LogP contribution < -0.4 is 0 Å². The molecule has 0 bridgehead atoms. The van der Waals surface area contributed by atoms with Gasteiger partial charge in [0.1, 0.15) is 12.3 Å². The first kappa shape index (κ1) is 14.0. The minimum Gasteiger partial charge on any atom is -0.448 e. The largest absolute Gasteiger partial charge is 0.448 e. The van der Waals surface area contributed by atoms with Gasteiger partial charge in [0.15, 0.2) is 0 Å². The summed E-state index contributed by atoms with van der Waals surface area (Å²) in [5.41, 5.74) is 1.49. The summed E-state index contributed by atoms with van der Waals surface area (Å²) >= 11 is 0. The number of fused-ring (bicyclic) bond motifs is 1. The standard InChI is InChI=1S/C16H18N4O3/c21-15(12-1-2-14-17-5-8-19(14)11-12)18-6-3-13(4-7-18)20-9-10-23-16(20)22/h1-2,5,8,11,13H,3-4,6-7,9-10H2. The molecule has 0 radical (unpaired) electrons. The lowest BCUT2D eigenvalue weighted by Crippen LogP contribution is -2.47. The van der Waals surface area contributed by atoms with Crippen molar-refractivity contribution >= 4 is 17.6 Å². The van der Waals surface area contributed by atoms with Crippen LogP contribution in [0.15, 0.2) is 30.7 Å². The summed E-state index contributed by atoms with van der Waals surface area (Å²) in [6.07, 6.45) is 6.73. The fraction of sp³-hybridized carbons (Fsp3) is 0.438. The highest BCUT2D eigenvalue weighted by molar-refractivity contribution is 5.94. The van der Waals surface area contributed by atoms with Crippen LogP contribution in [0.2, 0.25) is 0 Å². The molecule has 0 atom stereocenters. The fourth-order valence-corrected chi connectivity index (χ4v) is 3.35. The average Bonchev–Trinajstić information content (AvgIpc) is 3.22. The SMILES string of the molecule is O=C(c1ccc2nccn2c1)N1CCC(N2CCOC2=O)CC1. The summed E-state index contributed by atoms with van der Waals surface area (Å²) in [5.74, 6) is 0.0306. The van der Waals surface area contributed by atoms with E-state index in [1.165, 1.54) is 0 Å². The number of likely N-dealkylation sites (tertiary alicyclic amines) is 1. The van der Waals surface area contributed by atoms with Crippen molar-refractivity contribution in [3.63, 3.8) is 0 Å². The number of hydrogen-bond donors (Lipinski definition) is 0. The van der Waals surface area contributed by atoms with E-state index in [0.717, 1.165) is 18.5 Å². The number of imidazole rings is 1. The number of ether oxygens (including phenoxy) is 1. The first-order valence-corrected chi connectivity index (χ1v) is 7.88. The van der Waals surface area contributed by atoms with Crippen LogP contribution in [0.1, 0.15) is 23.2 Å². The summed E-state index contributed by atoms with van der Waals surface area (Å²) < 4.78 is 6.84. The molecule has 0 N–H and O–H groups in total. The molecule has 0 spiro atoms. The van der Waals surface area contributed by atoms with Gasteiger partial charge in [0.2, 0.25) is 0 Å². The Bertz CT molecular complexity index is 749. The Labute approximate surface area is 133 Å². The third-order valence-electron chi connectivity index (χ3n) is 4.62. The number of carbonyl (C=O) groups excluding carboxylic acids is 2. The van der Waals surface area contributed by atoms with Crippen LogP contribution in [0, 0.1) is 0 Å². The van der Waals surface area contributed by atoms with Crippen molar-refractivity contribution in [3.8, 4) is 0 Å². The van der Waals surface area contributed by atoms with Crippen LogP contribution in [0.4, 0.5) is 4.79 Å². The lowest BCUT2D eigenvalue weighted by molar-refractivity contribution is 0.0658. The summed E-state index contributed by atoms with van der Waals surface area (Å²) in [6.45, 7) is 2.46. The number of nitrogens with zero attached hydrogens (tertiary/aromatic N) is 4. The molecule has 7 nitrogen and oxygen atoms in total. The normalized spacial score (nSPS) is 19.4. The van der Waals surface area contributed by atoms with Crippen LogP contribution in [0.3, 0.4) is 0 Å². The van der Waals surface area contributed by atoms with Crippen molar-refractivity contribution in [2.24, 2.45) is 0 Å². The van der Waals surface area contributed by atoms with E-state index in [2.05, 4.69) is 4.98 Å². The Balaban J connectivity index is 1.43. The number of carbonyl (C=O) groups is 2. The molecule has 7 heteroatoms. The molecule has 0 aliphatic carbocycles. The molecule has 0 aromatic carbocycles. The molecule has 2 aliphatic heterocycles.